The van der Waals surface area contributed by atoms with E-state index in [0.29, 0.717) is 0 Å². The standard InChI is InChI=1S/C9H11NSi/c1-4-11(2,3)9-7-5-6-8-10-9/h1,5-8H,2-3H3. The summed E-state index contributed by atoms with van der Waals surface area (Å²) in [5, 5.41) is 1.09. The second-order valence-electron chi connectivity index (χ2n) is 2.98. The van der Waals surface area contributed by atoms with Crippen LogP contribution in [0.3, 0.4) is 0 Å². The van der Waals surface area contributed by atoms with E-state index >= 15 is 0 Å². The molecule has 1 aromatic heterocycles. The van der Waals surface area contributed by atoms with E-state index in [1.54, 1.807) is 6.20 Å². The summed E-state index contributed by atoms with van der Waals surface area (Å²) in [5.41, 5.74) is 2.83. The van der Waals surface area contributed by atoms with Crippen molar-refractivity contribution in [3.05, 3.63) is 24.4 Å². The molecule has 0 spiro atoms. The van der Waals surface area contributed by atoms with Crippen LogP contribution in [0.25, 0.3) is 0 Å². The fourth-order valence-electron chi connectivity index (χ4n) is 0.806. The molecule has 0 unspecified atom stereocenters. The highest BCUT2D eigenvalue weighted by molar-refractivity contribution is 6.95. The minimum Gasteiger partial charge on any atom is -0.265 e. The van der Waals surface area contributed by atoms with Crippen LogP contribution >= 0.6 is 0 Å². The Hall–Kier alpha value is -1.07. The Morgan fingerprint density at radius 2 is 2.18 bits per heavy atom. The number of aromatic nitrogens is 1. The van der Waals surface area contributed by atoms with Crippen molar-refractivity contribution >= 4 is 13.4 Å². The summed E-state index contributed by atoms with van der Waals surface area (Å²) in [6, 6.07) is 5.89. The lowest BCUT2D eigenvalue weighted by molar-refractivity contribution is 1.37. The van der Waals surface area contributed by atoms with E-state index in [-0.39, 0.29) is 0 Å². The van der Waals surface area contributed by atoms with Crippen LogP contribution in [0, 0.1) is 12.0 Å². The fourth-order valence-corrected chi connectivity index (χ4v) is 1.86. The molecule has 1 rings (SSSR count). The predicted molar refractivity (Wildman–Crippen MR) is 50.2 cm³/mol. The summed E-state index contributed by atoms with van der Waals surface area (Å²) in [5.74, 6) is 0. The number of terminal acetylenes is 1. The topological polar surface area (TPSA) is 12.9 Å². The van der Waals surface area contributed by atoms with Crippen LogP contribution in [-0.2, 0) is 0 Å². The molecule has 0 aliphatic rings. The third-order valence-electron chi connectivity index (χ3n) is 1.67. The van der Waals surface area contributed by atoms with Crippen molar-refractivity contribution in [3.63, 3.8) is 0 Å². The molecule has 0 atom stereocenters. The summed E-state index contributed by atoms with van der Waals surface area (Å²) in [6.45, 7) is 4.24. The zero-order valence-electron chi connectivity index (χ0n) is 6.83. The molecule has 0 aromatic carbocycles. The van der Waals surface area contributed by atoms with Gasteiger partial charge in [-0.15, -0.1) is 12.0 Å². The molecule has 1 nitrogen and oxygen atoms in total. The minimum absolute atomic E-state index is 1.09. The lowest BCUT2D eigenvalue weighted by Crippen LogP contribution is -2.41. The summed E-state index contributed by atoms with van der Waals surface area (Å²) in [7, 11) is -1.64. The second kappa shape index (κ2) is 2.89. The van der Waals surface area contributed by atoms with Crippen molar-refractivity contribution in [2.24, 2.45) is 0 Å². The van der Waals surface area contributed by atoms with Gasteiger partial charge in [0.05, 0.1) is 0 Å². The maximum absolute atomic E-state index is 5.41. The van der Waals surface area contributed by atoms with E-state index in [4.69, 9.17) is 6.42 Å². The van der Waals surface area contributed by atoms with Crippen molar-refractivity contribution in [2.45, 2.75) is 13.1 Å². The maximum Gasteiger partial charge on any atom is 0.184 e. The maximum atomic E-state index is 5.41. The molecule has 0 aliphatic heterocycles. The third-order valence-corrected chi connectivity index (χ3v) is 3.96. The molecule has 0 bridgehead atoms. The number of rotatable bonds is 1. The van der Waals surface area contributed by atoms with Crippen LogP contribution in [0.4, 0.5) is 0 Å². The lowest BCUT2D eigenvalue weighted by Gasteiger charge is -2.12. The van der Waals surface area contributed by atoms with Crippen molar-refractivity contribution in [1.29, 1.82) is 0 Å². The summed E-state index contributed by atoms with van der Waals surface area (Å²) < 4.78 is 0. The van der Waals surface area contributed by atoms with Gasteiger partial charge in [0, 0.05) is 11.5 Å². The molecular weight excluding hydrogens is 150 g/mol. The minimum atomic E-state index is -1.64. The van der Waals surface area contributed by atoms with Gasteiger partial charge in [-0.3, -0.25) is 4.98 Å². The van der Waals surface area contributed by atoms with E-state index in [1.807, 2.05) is 18.2 Å². The zero-order chi connectivity index (χ0) is 8.32. The Morgan fingerprint density at radius 3 is 2.64 bits per heavy atom. The first-order valence-electron chi connectivity index (χ1n) is 3.56. The molecule has 1 heterocycles. The van der Waals surface area contributed by atoms with Gasteiger partial charge < -0.3 is 0 Å². The first-order valence-corrected chi connectivity index (χ1v) is 6.56. The normalized spacial score (nSPS) is 10.6. The van der Waals surface area contributed by atoms with Gasteiger partial charge in [0.15, 0.2) is 8.07 Å². The molecule has 56 valence electrons. The monoisotopic (exact) mass is 161 g/mol. The zero-order valence-corrected chi connectivity index (χ0v) is 7.83. The van der Waals surface area contributed by atoms with Crippen molar-refractivity contribution < 1.29 is 0 Å². The van der Waals surface area contributed by atoms with Gasteiger partial charge in [-0.2, -0.15) is 0 Å². The van der Waals surface area contributed by atoms with E-state index in [9.17, 15) is 0 Å². The predicted octanol–water partition coefficient (Wildman–Crippen LogP) is 1.17. The highest BCUT2D eigenvalue weighted by atomic mass is 28.3. The number of nitrogens with zero attached hydrogens (tertiary/aromatic N) is 1. The number of pyridine rings is 1. The molecule has 0 fully saturated rings. The first kappa shape index (κ1) is 8.03. The molecule has 0 saturated carbocycles. The summed E-state index contributed by atoms with van der Waals surface area (Å²) >= 11 is 0. The molecular formula is C9H11NSi. The van der Waals surface area contributed by atoms with Crippen LogP contribution < -0.4 is 5.32 Å². The summed E-state index contributed by atoms with van der Waals surface area (Å²) in [6.07, 6.45) is 7.20. The van der Waals surface area contributed by atoms with Crippen molar-refractivity contribution in [2.75, 3.05) is 0 Å². The van der Waals surface area contributed by atoms with E-state index in [1.165, 1.54) is 0 Å². The average Bonchev–Trinajstić information content (AvgIpc) is 2.06. The van der Waals surface area contributed by atoms with Crippen LogP contribution in [0.5, 0.6) is 0 Å². The van der Waals surface area contributed by atoms with Crippen LogP contribution in [0.1, 0.15) is 0 Å². The third kappa shape index (κ3) is 1.69. The smallest absolute Gasteiger partial charge is 0.184 e. The Kier molecular flexibility index (Phi) is 2.11. The Labute approximate surface area is 68.5 Å². The van der Waals surface area contributed by atoms with E-state index in [0.717, 1.165) is 5.32 Å². The molecule has 2 heteroatoms. The Balaban J connectivity index is 3.05. The SMILES string of the molecule is C#C[Si](C)(C)c1ccccn1. The molecule has 0 aliphatic carbocycles. The van der Waals surface area contributed by atoms with Crippen molar-refractivity contribution in [3.8, 4) is 12.0 Å². The molecule has 0 saturated heterocycles. The molecule has 11 heavy (non-hydrogen) atoms. The molecule has 0 radical (unpaired) electrons. The van der Waals surface area contributed by atoms with Gasteiger partial charge in [-0.25, -0.2) is 0 Å². The van der Waals surface area contributed by atoms with Gasteiger partial charge >= 0.3 is 0 Å². The second-order valence-corrected chi connectivity index (χ2v) is 7.04. The lowest BCUT2D eigenvalue weighted by atomic mass is 10.5. The first-order chi connectivity index (χ1) is 5.17. The van der Waals surface area contributed by atoms with Crippen LogP contribution in [0.2, 0.25) is 13.1 Å². The van der Waals surface area contributed by atoms with E-state index < -0.39 is 8.07 Å². The summed E-state index contributed by atoms with van der Waals surface area (Å²) in [4.78, 5) is 4.24. The molecule has 0 N–H and O–H groups in total. The fraction of sp³-hybridized carbons (Fsp3) is 0.222. The molecule has 0 amide bonds. The van der Waals surface area contributed by atoms with Gasteiger partial charge in [-0.1, -0.05) is 19.2 Å². The van der Waals surface area contributed by atoms with Gasteiger partial charge in [0.1, 0.15) is 0 Å². The quantitative estimate of drug-likeness (QED) is 0.445. The Bertz CT molecular complexity index is 271. The van der Waals surface area contributed by atoms with Gasteiger partial charge in [-0.05, 0) is 12.1 Å². The Morgan fingerprint density at radius 1 is 1.45 bits per heavy atom. The highest BCUT2D eigenvalue weighted by Crippen LogP contribution is 1.97. The van der Waals surface area contributed by atoms with Gasteiger partial charge in [0.2, 0.25) is 0 Å². The number of hydrogen-bond donors (Lipinski definition) is 0. The van der Waals surface area contributed by atoms with E-state index in [2.05, 4.69) is 23.6 Å². The highest BCUT2D eigenvalue weighted by Gasteiger charge is 2.21. The van der Waals surface area contributed by atoms with Gasteiger partial charge in [0.25, 0.3) is 0 Å². The average molecular weight is 161 g/mol. The van der Waals surface area contributed by atoms with Crippen LogP contribution in [0.15, 0.2) is 24.4 Å². The molecule has 1 aromatic rings. The largest absolute Gasteiger partial charge is 0.265 e. The number of hydrogen-bond acceptors (Lipinski definition) is 1. The van der Waals surface area contributed by atoms with Crippen LogP contribution in [-0.4, -0.2) is 13.1 Å². The van der Waals surface area contributed by atoms with Crippen molar-refractivity contribution in [1.82, 2.24) is 4.98 Å².